The van der Waals surface area contributed by atoms with Crippen LogP contribution in [0.25, 0.3) is 11.4 Å². The van der Waals surface area contributed by atoms with Crippen molar-refractivity contribution in [3.8, 4) is 17.1 Å². The predicted octanol–water partition coefficient (Wildman–Crippen LogP) is 3.41. The fourth-order valence-corrected chi connectivity index (χ4v) is 3.50. The van der Waals surface area contributed by atoms with E-state index >= 15 is 0 Å². The first-order valence-corrected chi connectivity index (χ1v) is 9.42. The smallest absolute Gasteiger partial charge is 0.253 e. The number of amides is 1. The second kappa shape index (κ2) is 7.80. The molecule has 0 bridgehead atoms. The number of carbonyl (C=O) groups excluding carboxylic acids is 1. The average molecular weight is 378 g/mol. The Labute approximate surface area is 163 Å². The molecule has 1 fully saturated rings. The maximum atomic E-state index is 12.9. The number of nitrogens with zero attached hydrogens (tertiary/aromatic N) is 4. The maximum Gasteiger partial charge on any atom is 0.253 e. The van der Waals surface area contributed by atoms with Crippen LogP contribution in [-0.4, -0.2) is 45.6 Å². The van der Waals surface area contributed by atoms with Gasteiger partial charge in [-0.3, -0.25) is 9.78 Å². The van der Waals surface area contributed by atoms with Crippen molar-refractivity contribution in [3.63, 3.8) is 0 Å². The van der Waals surface area contributed by atoms with Gasteiger partial charge in [-0.2, -0.15) is 4.98 Å². The highest BCUT2D eigenvalue weighted by Crippen LogP contribution is 2.33. The molecule has 0 N–H and O–H groups in total. The zero-order chi connectivity index (χ0) is 19.5. The van der Waals surface area contributed by atoms with E-state index in [1.807, 2.05) is 36.1 Å². The molecule has 0 spiro atoms. The number of benzene rings is 1. The van der Waals surface area contributed by atoms with Crippen molar-refractivity contribution in [2.24, 2.45) is 5.92 Å². The number of aromatic nitrogens is 3. The maximum absolute atomic E-state index is 12.9. The van der Waals surface area contributed by atoms with Crippen molar-refractivity contribution in [1.82, 2.24) is 20.0 Å². The normalized spacial score (nSPS) is 19.0. The van der Waals surface area contributed by atoms with Crippen LogP contribution in [0.5, 0.6) is 5.75 Å². The molecule has 4 rings (SSSR count). The minimum absolute atomic E-state index is 0.00407. The zero-order valence-corrected chi connectivity index (χ0v) is 15.9. The van der Waals surface area contributed by atoms with Gasteiger partial charge in [0, 0.05) is 36.6 Å². The summed E-state index contributed by atoms with van der Waals surface area (Å²) in [7, 11) is 0. The summed E-state index contributed by atoms with van der Waals surface area (Å²) in [5, 5.41) is 4.08. The first kappa shape index (κ1) is 18.2. The third-order valence-electron chi connectivity index (χ3n) is 4.99. The molecule has 2 aromatic heterocycles. The second-order valence-electron chi connectivity index (χ2n) is 6.95. The lowest BCUT2D eigenvalue weighted by atomic mass is 9.98. The summed E-state index contributed by atoms with van der Waals surface area (Å²) in [4.78, 5) is 23.3. The SMILES string of the molecule is CCOc1ccc(C(=O)N2CC(C)C(c3nc(-c4cccnc4)no3)C2)cc1. The highest BCUT2D eigenvalue weighted by molar-refractivity contribution is 5.94. The summed E-state index contributed by atoms with van der Waals surface area (Å²) in [6, 6.07) is 11.0. The van der Waals surface area contributed by atoms with Crippen LogP contribution in [0.4, 0.5) is 0 Å². The van der Waals surface area contributed by atoms with Gasteiger partial charge in [0.05, 0.1) is 12.5 Å². The zero-order valence-electron chi connectivity index (χ0n) is 15.9. The molecule has 2 unspecified atom stereocenters. The van der Waals surface area contributed by atoms with E-state index in [4.69, 9.17) is 9.26 Å². The van der Waals surface area contributed by atoms with E-state index in [-0.39, 0.29) is 17.7 Å². The molecule has 7 heteroatoms. The van der Waals surface area contributed by atoms with Crippen LogP contribution in [0.1, 0.15) is 36.0 Å². The Kier molecular flexibility index (Phi) is 5.06. The van der Waals surface area contributed by atoms with Crippen molar-refractivity contribution < 1.29 is 14.1 Å². The number of carbonyl (C=O) groups is 1. The number of pyridine rings is 1. The molecule has 7 nitrogen and oxygen atoms in total. The van der Waals surface area contributed by atoms with Gasteiger partial charge in [-0.1, -0.05) is 12.1 Å². The molecular weight excluding hydrogens is 356 g/mol. The summed E-state index contributed by atoms with van der Waals surface area (Å²) < 4.78 is 10.9. The third kappa shape index (κ3) is 3.60. The first-order chi connectivity index (χ1) is 13.7. The van der Waals surface area contributed by atoms with Crippen LogP contribution in [0.15, 0.2) is 53.3 Å². The molecule has 0 radical (unpaired) electrons. The molecule has 1 aliphatic heterocycles. The minimum Gasteiger partial charge on any atom is -0.494 e. The molecule has 28 heavy (non-hydrogen) atoms. The summed E-state index contributed by atoms with van der Waals surface area (Å²) in [6.45, 7) is 5.85. The topological polar surface area (TPSA) is 81.4 Å². The lowest BCUT2D eigenvalue weighted by molar-refractivity contribution is 0.0786. The van der Waals surface area contributed by atoms with Crippen molar-refractivity contribution in [1.29, 1.82) is 0 Å². The third-order valence-corrected chi connectivity index (χ3v) is 4.99. The van der Waals surface area contributed by atoms with Gasteiger partial charge in [0.2, 0.25) is 11.7 Å². The molecule has 1 aromatic carbocycles. The standard InChI is InChI=1S/C21H22N4O3/c1-3-27-17-8-6-15(7-9-17)21(26)25-12-14(2)18(13-25)20-23-19(24-28-20)16-5-4-10-22-11-16/h4-11,14,18H,3,12-13H2,1-2H3. The molecule has 1 amide bonds. The molecule has 144 valence electrons. The largest absolute Gasteiger partial charge is 0.494 e. The second-order valence-corrected chi connectivity index (χ2v) is 6.95. The summed E-state index contributed by atoms with van der Waals surface area (Å²) >= 11 is 0. The van der Waals surface area contributed by atoms with E-state index in [9.17, 15) is 4.79 Å². The fraction of sp³-hybridized carbons (Fsp3) is 0.333. The molecule has 3 heterocycles. The van der Waals surface area contributed by atoms with E-state index in [0.717, 1.165) is 11.3 Å². The molecular formula is C21H22N4O3. The molecule has 2 atom stereocenters. The van der Waals surface area contributed by atoms with E-state index in [1.165, 1.54) is 0 Å². The highest BCUT2D eigenvalue weighted by Gasteiger charge is 2.37. The van der Waals surface area contributed by atoms with Gasteiger partial charge in [0.1, 0.15) is 5.75 Å². The Hall–Kier alpha value is -3.22. The first-order valence-electron chi connectivity index (χ1n) is 9.42. The average Bonchev–Trinajstić information content (AvgIpc) is 3.36. The van der Waals surface area contributed by atoms with Crippen molar-refractivity contribution in [2.75, 3.05) is 19.7 Å². The lowest BCUT2D eigenvalue weighted by Crippen LogP contribution is -2.28. The van der Waals surface area contributed by atoms with Crippen LogP contribution in [0.2, 0.25) is 0 Å². The van der Waals surface area contributed by atoms with Crippen LogP contribution in [-0.2, 0) is 0 Å². The monoisotopic (exact) mass is 378 g/mol. The van der Waals surface area contributed by atoms with Gasteiger partial charge in [-0.15, -0.1) is 0 Å². The van der Waals surface area contributed by atoms with Crippen LogP contribution in [0.3, 0.4) is 0 Å². The summed E-state index contributed by atoms with van der Waals surface area (Å²) in [5.41, 5.74) is 1.46. The molecule has 1 aliphatic rings. The summed E-state index contributed by atoms with van der Waals surface area (Å²) in [6.07, 6.45) is 3.41. The number of likely N-dealkylation sites (tertiary alicyclic amines) is 1. The number of ether oxygens (including phenoxy) is 1. The molecule has 1 saturated heterocycles. The van der Waals surface area contributed by atoms with Gasteiger partial charge in [-0.05, 0) is 49.2 Å². The molecule has 0 aliphatic carbocycles. The number of rotatable bonds is 5. The molecule has 0 saturated carbocycles. The van der Waals surface area contributed by atoms with Gasteiger partial charge >= 0.3 is 0 Å². The quantitative estimate of drug-likeness (QED) is 0.677. The van der Waals surface area contributed by atoms with Gasteiger partial charge in [0.25, 0.3) is 5.91 Å². The van der Waals surface area contributed by atoms with Crippen molar-refractivity contribution in [2.45, 2.75) is 19.8 Å². The van der Waals surface area contributed by atoms with Gasteiger partial charge in [-0.25, -0.2) is 0 Å². The van der Waals surface area contributed by atoms with Gasteiger partial charge < -0.3 is 14.2 Å². The van der Waals surface area contributed by atoms with Crippen LogP contribution >= 0.6 is 0 Å². The van der Waals surface area contributed by atoms with E-state index in [1.54, 1.807) is 24.5 Å². The summed E-state index contributed by atoms with van der Waals surface area (Å²) in [5.74, 6) is 2.10. The Morgan fingerprint density at radius 2 is 2.07 bits per heavy atom. The molecule has 3 aromatic rings. The van der Waals surface area contributed by atoms with Crippen LogP contribution in [0, 0.1) is 5.92 Å². The van der Waals surface area contributed by atoms with Crippen LogP contribution < -0.4 is 4.74 Å². The van der Waals surface area contributed by atoms with E-state index in [0.29, 0.717) is 37.0 Å². The number of hydrogen-bond donors (Lipinski definition) is 0. The lowest BCUT2D eigenvalue weighted by Gasteiger charge is -2.16. The highest BCUT2D eigenvalue weighted by atomic mass is 16.5. The van der Waals surface area contributed by atoms with Crippen molar-refractivity contribution >= 4 is 5.91 Å². The Morgan fingerprint density at radius 3 is 2.79 bits per heavy atom. The fourth-order valence-electron chi connectivity index (χ4n) is 3.50. The predicted molar refractivity (Wildman–Crippen MR) is 103 cm³/mol. The Bertz CT molecular complexity index is 940. The number of hydrogen-bond acceptors (Lipinski definition) is 6. The van der Waals surface area contributed by atoms with E-state index in [2.05, 4.69) is 22.0 Å². The minimum atomic E-state index is 0.00407. The van der Waals surface area contributed by atoms with Gasteiger partial charge in [0.15, 0.2) is 0 Å². The van der Waals surface area contributed by atoms with Crippen molar-refractivity contribution in [3.05, 3.63) is 60.2 Å². The van der Waals surface area contributed by atoms with E-state index < -0.39 is 0 Å². The Morgan fingerprint density at radius 1 is 1.25 bits per heavy atom. The Balaban J connectivity index is 1.47.